The van der Waals surface area contributed by atoms with Gasteiger partial charge in [-0.25, -0.2) is 4.79 Å². The molecule has 1 aromatic heterocycles. The Morgan fingerprint density at radius 2 is 2.19 bits per heavy atom. The van der Waals surface area contributed by atoms with Gasteiger partial charge in [0, 0.05) is 30.9 Å². The van der Waals surface area contributed by atoms with Crippen molar-refractivity contribution in [2.24, 2.45) is 5.92 Å². The van der Waals surface area contributed by atoms with Crippen LogP contribution in [-0.2, 0) is 27.3 Å². The average molecular weight is 295 g/mol. The fourth-order valence-corrected chi connectivity index (χ4v) is 1.71. The van der Waals surface area contributed by atoms with E-state index in [0.717, 1.165) is 0 Å². The van der Waals surface area contributed by atoms with Crippen molar-refractivity contribution in [1.82, 2.24) is 15.1 Å². The number of carbonyl (C=O) groups excluding carboxylic acids is 2. The van der Waals surface area contributed by atoms with Crippen LogP contribution in [-0.4, -0.2) is 35.3 Å². The van der Waals surface area contributed by atoms with Gasteiger partial charge in [0.05, 0.1) is 13.5 Å². The first-order valence-electron chi connectivity index (χ1n) is 6.72. The number of carbonyl (C=O) groups is 2. The summed E-state index contributed by atoms with van der Waals surface area (Å²) >= 11 is 0. The first-order chi connectivity index (χ1) is 9.92. The van der Waals surface area contributed by atoms with Gasteiger partial charge in [0.25, 0.3) is 5.56 Å². The molecule has 1 heterocycles. The monoisotopic (exact) mass is 295 g/mol. The van der Waals surface area contributed by atoms with Crippen LogP contribution in [0.5, 0.6) is 0 Å². The lowest BCUT2D eigenvalue weighted by Crippen LogP contribution is -2.25. The average Bonchev–Trinajstić information content (AvgIpc) is 2.73. The van der Waals surface area contributed by atoms with E-state index in [1.54, 1.807) is 0 Å². The molecule has 0 fully saturated rings. The standard InChI is InChI=1S/C14H21N3O4/c1-10(2)9-17-13(19)8-11(16-17)7-12(18)15-6-4-5-14(20)21-3/h4-5,8,10,16H,6-7,9H2,1-3H3,(H,15,18)/b5-4+. The number of amides is 1. The van der Waals surface area contributed by atoms with E-state index in [4.69, 9.17) is 0 Å². The highest BCUT2D eigenvalue weighted by Gasteiger charge is 2.08. The number of aromatic amines is 1. The minimum atomic E-state index is -0.473. The number of H-pyrrole nitrogens is 1. The number of hydrogen-bond donors (Lipinski definition) is 2. The molecule has 0 saturated heterocycles. The second-order valence-corrected chi connectivity index (χ2v) is 5.03. The summed E-state index contributed by atoms with van der Waals surface area (Å²) in [5.41, 5.74) is 0.423. The molecule has 1 amide bonds. The van der Waals surface area contributed by atoms with Crippen molar-refractivity contribution >= 4 is 11.9 Å². The quantitative estimate of drug-likeness (QED) is 0.556. The van der Waals surface area contributed by atoms with Gasteiger partial charge < -0.3 is 10.1 Å². The van der Waals surface area contributed by atoms with E-state index in [0.29, 0.717) is 18.2 Å². The Morgan fingerprint density at radius 1 is 1.48 bits per heavy atom. The Morgan fingerprint density at radius 3 is 2.81 bits per heavy atom. The molecule has 0 aromatic carbocycles. The highest BCUT2D eigenvalue weighted by atomic mass is 16.5. The zero-order chi connectivity index (χ0) is 15.8. The molecule has 0 bridgehead atoms. The smallest absolute Gasteiger partial charge is 0.330 e. The van der Waals surface area contributed by atoms with Crippen molar-refractivity contribution in [2.45, 2.75) is 26.8 Å². The molecule has 0 unspecified atom stereocenters. The largest absolute Gasteiger partial charge is 0.466 e. The van der Waals surface area contributed by atoms with E-state index in [9.17, 15) is 14.4 Å². The first-order valence-corrected chi connectivity index (χ1v) is 6.72. The molecule has 0 radical (unpaired) electrons. The fourth-order valence-electron chi connectivity index (χ4n) is 1.71. The molecule has 21 heavy (non-hydrogen) atoms. The molecule has 0 aliphatic rings. The molecule has 7 nitrogen and oxygen atoms in total. The second-order valence-electron chi connectivity index (χ2n) is 5.03. The van der Waals surface area contributed by atoms with Crippen molar-refractivity contribution < 1.29 is 14.3 Å². The summed E-state index contributed by atoms with van der Waals surface area (Å²) in [6.07, 6.45) is 2.82. The predicted octanol–water partition coefficient (Wildman–Crippen LogP) is 0.220. The van der Waals surface area contributed by atoms with Gasteiger partial charge in [0.2, 0.25) is 5.91 Å². The summed E-state index contributed by atoms with van der Waals surface area (Å²) in [7, 11) is 1.28. The maximum atomic E-state index is 11.7. The van der Waals surface area contributed by atoms with Gasteiger partial charge in [-0.05, 0) is 5.92 Å². The van der Waals surface area contributed by atoms with Gasteiger partial charge in [-0.15, -0.1) is 0 Å². The third kappa shape index (κ3) is 6.11. The van der Waals surface area contributed by atoms with Gasteiger partial charge in [0.15, 0.2) is 0 Å². The highest BCUT2D eigenvalue weighted by Crippen LogP contribution is 1.97. The van der Waals surface area contributed by atoms with E-state index in [1.165, 1.54) is 30.0 Å². The number of nitrogens with zero attached hydrogens (tertiary/aromatic N) is 1. The summed E-state index contributed by atoms with van der Waals surface area (Å²) in [6, 6.07) is 1.42. The molecule has 1 aromatic rings. The summed E-state index contributed by atoms with van der Waals surface area (Å²) in [5, 5.41) is 5.53. The number of rotatable bonds is 7. The number of nitrogens with one attached hydrogen (secondary N) is 2. The summed E-state index contributed by atoms with van der Waals surface area (Å²) in [6.45, 7) is 4.83. The highest BCUT2D eigenvalue weighted by molar-refractivity contribution is 5.82. The molecule has 0 aliphatic carbocycles. The van der Waals surface area contributed by atoms with Crippen molar-refractivity contribution in [1.29, 1.82) is 0 Å². The minimum Gasteiger partial charge on any atom is -0.466 e. The topological polar surface area (TPSA) is 93.2 Å². The van der Waals surface area contributed by atoms with Crippen molar-refractivity contribution in [2.75, 3.05) is 13.7 Å². The Bertz CT molecular complexity index is 569. The van der Waals surface area contributed by atoms with Gasteiger partial charge in [-0.2, -0.15) is 0 Å². The van der Waals surface area contributed by atoms with Crippen LogP contribution < -0.4 is 10.9 Å². The van der Waals surface area contributed by atoms with Gasteiger partial charge >= 0.3 is 5.97 Å². The molecule has 116 valence electrons. The molecule has 0 spiro atoms. The van der Waals surface area contributed by atoms with E-state index < -0.39 is 5.97 Å². The fraction of sp³-hybridized carbons (Fsp3) is 0.500. The van der Waals surface area contributed by atoms with Gasteiger partial charge in [0.1, 0.15) is 0 Å². The van der Waals surface area contributed by atoms with Crippen LogP contribution in [0, 0.1) is 5.92 Å². The van der Waals surface area contributed by atoms with Crippen LogP contribution in [0.15, 0.2) is 23.0 Å². The maximum Gasteiger partial charge on any atom is 0.330 e. The molecule has 7 heteroatoms. The summed E-state index contributed by atoms with van der Waals surface area (Å²) in [5.74, 6) is -0.367. The van der Waals surface area contributed by atoms with Crippen LogP contribution >= 0.6 is 0 Å². The van der Waals surface area contributed by atoms with Crippen LogP contribution in [0.4, 0.5) is 0 Å². The first kappa shape index (κ1) is 16.7. The Balaban J connectivity index is 2.46. The number of methoxy groups -OCH3 is 1. The van der Waals surface area contributed by atoms with E-state index in [2.05, 4.69) is 15.2 Å². The van der Waals surface area contributed by atoms with Crippen LogP contribution in [0.25, 0.3) is 0 Å². The zero-order valence-electron chi connectivity index (χ0n) is 12.5. The van der Waals surface area contributed by atoms with Crippen LogP contribution in [0.2, 0.25) is 0 Å². The zero-order valence-corrected chi connectivity index (χ0v) is 12.5. The number of esters is 1. The molecule has 0 saturated carbocycles. The minimum absolute atomic E-state index is 0.0897. The lowest BCUT2D eigenvalue weighted by Gasteiger charge is -2.05. The number of aromatic nitrogens is 2. The molecule has 0 aliphatic heterocycles. The van der Waals surface area contributed by atoms with Crippen LogP contribution in [0.3, 0.4) is 0 Å². The van der Waals surface area contributed by atoms with E-state index in [1.807, 2.05) is 13.8 Å². The Labute approximate surface area is 123 Å². The number of ether oxygens (including phenoxy) is 1. The van der Waals surface area contributed by atoms with Crippen molar-refractivity contribution in [3.8, 4) is 0 Å². The van der Waals surface area contributed by atoms with Crippen molar-refractivity contribution in [3.63, 3.8) is 0 Å². The lowest BCUT2D eigenvalue weighted by atomic mass is 10.2. The van der Waals surface area contributed by atoms with Crippen LogP contribution in [0.1, 0.15) is 19.5 Å². The van der Waals surface area contributed by atoms with Gasteiger partial charge in [-0.1, -0.05) is 19.9 Å². The van der Waals surface area contributed by atoms with Gasteiger partial charge in [-0.3, -0.25) is 19.4 Å². The normalized spacial score (nSPS) is 11.0. The predicted molar refractivity (Wildman–Crippen MR) is 77.8 cm³/mol. The summed E-state index contributed by atoms with van der Waals surface area (Å²) in [4.78, 5) is 34.2. The van der Waals surface area contributed by atoms with E-state index >= 15 is 0 Å². The second kappa shape index (κ2) is 8.08. The van der Waals surface area contributed by atoms with E-state index in [-0.39, 0.29) is 24.4 Å². The summed E-state index contributed by atoms with van der Waals surface area (Å²) < 4.78 is 5.91. The Hall–Kier alpha value is -2.31. The van der Waals surface area contributed by atoms with Crippen molar-refractivity contribution in [3.05, 3.63) is 34.3 Å². The number of hydrogen-bond acceptors (Lipinski definition) is 4. The molecule has 2 N–H and O–H groups in total. The third-order valence-corrected chi connectivity index (χ3v) is 2.61. The molecule has 1 rings (SSSR count). The maximum absolute atomic E-state index is 11.7. The lowest BCUT2D eigenvalue weighted by molar-refractivity contribution is -0.134. The Kier molecular flexibility index (Phi) is 6.45. The SMILES string of the molecule is COC(=O)/C=C/CNC(=O)Cc1cc(=O)n(CC(C)C)[nH]1. The molecular formula is C14H21N3O4. The molecular weight excluding hydrogens is 274 g/mol. The molecule has 0 atom stereocenters. The third-order valence-electron chi connectivity index (χ3n) is 2.61.